The second-order valence-electron chi connectivity index (χ2n) is 11.1. The van der Waals surface area contributed by atoms with Crippen LogP contribution < -0.4 is 20.3 Å². The average Bonchev–Trinajstić information content (AvgIpc) is 3.27. The third kappa shape index (κ3) is 8.27. The van der Waals surface area contributed by atoms with Gasteiger partial charge in [0, 0.05) is 46.0 Å². The first-order valence-corrected chi connectivity index (χ1v) is 16.2. The molecule has 0 unspecified atom stereocenters. The molecule has 2 aliphatic rings. The van der Waals surface area contributed by atoms with Crippen molar-refractivity contribution in [3.05, 3.63) is 74.8 Å². The summed E-state index contributed by atoms with van der Waals surface area (Å²) in [6, 6.07) is 13.0. The van der Waals surface area contributed by atoms with Crippen molar-refractivity contribution in [2.24, 2.45) is 0 Å². The van der Waals surface area contributed by atoms with Gasteiger partial charge in [0.1, 0.15) is 29.9 Å². The lowest BCUT2D eigenvalue weighted by molar-refractivity contribution is -0.271. The van der Waals surface area contributed by atoms with E-state index in [-0.39, 0.29) is 28.4 Å². The normalized spacial score (nSPS) is 23.4. The van der Waals surface area contributed by atoms with Crippen molar-refractivity contribution in [3.8, 4) is 5.75 Å². The van der Waals surface area contributed by atoms with Crippen molar-refractivity contribution in [1.82, 2.24) is 9.88 Å². The van der Waals surface area contributed by atoms with Gasteiger partial charge in [-0.05, 0) is 84.5 Å². The highest BCUT2D eigenvalue weighted by Gasteiger charge is 2.48. The molecule has 2 fully saturated rings. The van der Waals surface area contributed by atoms with Crippen LogP contribution in [0.3, 0.4) is 0 Å². The number of likely N-dealkylation sites (N-methyl/N-ethyl adjacent to an activating group) is 1. The molecule has 2 saturated heterocycles. The van der Waals surface area contributed by atoms with Crippen LogP contribution >= 0.6 is 31.9 Å². The van der Waals surface area contributed by atoms with E-state index in [1.165, 1.54) is 18.3 Å². The Hall–Kier alpha value is -3.64. The maximum Gasteiger partial charge on any atom is 0.335 e. The molecule has 1 aromatic heterocycles. The lowest BCUT2D eigenvalue weighted by Gasteiger charge is -2.38. The smallest absolute Gasteiger partial charge is 0.335 e. The van der Waals surface area contributed by atoms with Crippen LogP contribution in [0.1, 0.15) is 27.1 Å². The van der Waals surface area contributed by atoms with Gasteiger partial charge >= 0.3 is 5.97 Å². The number of halogens is 2. The molecule has 5 atom stereocenters. The van der Waals surface area contributed by atoms with E-state index in [0.29, 0.717) is 8.95 Å². The summed E-state index contributed by atoms with van der Waals surface area (Å²) in [5.74, 6) is -2.88. The summed E-state index contributed by atoms with van der Waals surface area (Å²) in [4.78, 5) is 47.5. The second kappa shape index (κ2) is 15.1. The summed E-state index contributed by atoms with van der Waals surface area (Å²) in [7, 11) is 2.08. The predicted molar refractivity (Wildman–Crippen MR) is 178 cm³/mol. The number of carboxylic acid groups (broad SMARTS) is 1. The van der Waals surface area contributed by atoms with Crippen molar-refractivity contribution < 1.29 is 44.3 Å². The van der Waals surface area contributed by atoms with Gasteiger partial charge in [-0.15, -0.1) is 0 Å². The number of rotatable bonds is 8. The SMILES string of the molecule is CN1CCCN(c2ccc(C(=O)Nc3c(O[C@@H]4O[C@H](C(=O)O)[C@@H](O)[C@H](O)[C@H]4O)cc(Br)cc3C(=O)Nc3ccc(Br)cn3)cc2)CC1. The fraction of sp³-hybridized carbons (Fsp3) is 0.355. The van der Waals surface area contributed by atoms with Gasteiger partial charge in [-0.1, -0.05) is 15.9 Å². The first-order valence-electron chi connectivity index (χ1n) is 14.6. The number of aliphatic carboxylic acids is 1. The third-order valence-electron chi connectivity index (χ3n) is 7.79. The third-order valence-corrected chi connectivity index (χ3v) is 8.72. The quantitative estimate of drug-likeness (QED) is 0.196. The minimum atomic E-state index is -1.94. The van der Waals surface area contributed by atoms with Crippen molar-refractivity contribution >= 4 is 66.8 Å². The fourth-order valence-corrected chi connectivity index (χ4v) is 5.88. The molecule has 2 aromatic carbocycles. The highest BCUT2D eigenvalue weighted by atomic mass is 79.9. The number of aliphatic hydroxyl groups is 3. The summed E-state index contributed by atoms with van der Waals surface area (Å²) in [6.45, 7) is 3.64. The van der Waals surface area contributed by atoms with E-state index in [2.05, 4.69) is 64.3 Å². The van der Waals surface area contributed by atoms with Crippen molar-refractivity contribution in [2.75, 3.05) is 48.8 Å². The number of carbonyl (C=O) groups is 3. The van der Waals surface area contributed by atoms with E-state index in [1.54, 1.807) is 24.3 Å². The van der Waals surface area contributed by atoms with E-state index < -0.39 is 48.5 Å². The monoisotopic (exact) mass is 777 g/mol. The zero-order valence-corrected chi connectivity index (χ0v) is 28.2. The van der Waals surface area contributed by atoms with E-state index in [9.17, 15) is 34.8 Å². The number of carbonyl (C=O) groups excluding carboxylic acids is 2. The van der Waals surface area contributed by atoms with E-state index in [4.69, 9.17) is 9.47 Å². The number of hydrogen-bond acceptors (Lipinski definition) is 11. The highest BCUT2D eigenvalue weighted by molar-refractivity contribution is 9.10. The first-order chi connectivity index (χ1) is 22.4. The molecule has 0 radical (unpaired) electrons. The number of aromatic nitrogens is 1. The molecule has 0 bridgehead atoms. The van der Waals surface area contributed by atoms with Crippen molar-refractivity contribution in [3.63, 3.8) is 0 Å². The number of nitrogens with zero attached hydrogens (tertiary/aromatic N) is 3. The highest BCUT2D eigenvalue weighted by Crippen LogP contribution is 2.36. The van der Waals surface area contributed by atoms with E-state index in [1.807, 2.05) is 12.1 Å². The number of hydrogen-bond donors (Lipinski definition) is 6. The Balaban J connectivity index is 1.46. The summed E-state index contributed by atoms with van der Waals surface area (Å²) in [5, 5.41) is 45.9. The molecule has 16 heteroatoms. The van der Waals surface area contributed by atoms with E-state index >= 15 is 0 Å². The first kappa shape index (κ1) is 34.7. The van der Waals surface area contributed by atoms with Gasteiger partial charge < -0.3 is 50.3 Å². The average molecular weight is 779 g/mol. The summed E-state index contributed by atoms with van der Waals surface area (Å²) in [5.41, 5.74) is 1.01. The molecule has 2 aliphatic heterocycles. The van der Waals surface area contributed by atoms with E-state index in [0.717, 1.165) is 38.3 Å². The topological polar surface area (TPSA) is 194 Å². The van der Waals surface area contributed by atoms with Crippen LogP contribution in [0, 0.1) is 0 Å². The number of aliphatic hydroxyl groups excluding tert-OH is 3. The van der Waals surface area contributed by atoms with Gasteiger partial charge in [0.05, 0.1) is 11.3 Å². The molecule has 250 valence electrons. The molecule has 0 spiro atoms. The number of ether oxygens (including phenoxy) is 2. The van der Waals surface area contributed by atoms with Crippen LogP contribution in [0.25, 0.3) is 0 Å². The molecule has 14 nitrogen and oxygen atoms in total. The van der Waals surface area contributed by atoms with Crippen LogP contribution in [0.15, 0.2) is 63.7 Å². The molecule has 2 amide bonds. The minimum Gasteiger partial charge on any atom is -0.479 e. The standard InChI is InChI=1S/C31H33Br2N5O9/c1-37-9-2-10-38(12-11-37)19-6-3-16(4-7-19)28(42)36-23-20(29(43)35-22-8-5-17(32)15-34-22)13-18(33)14-21(23)46-31-26(41)24(39)25(40)27(47-31)30(44)45/h3-8,13-15,24-27,31,39-41H,2,9-12H2,1H3,(H,36,42)(H,44,45)(H,34,35,43)/t24-,25-,26+,27-,31+/m0/s1. The minimum absolute atomic E-state index is 0.0848. The van der Waals surface area contributed by atoms with Crippen LogP contribution in [0.2, 0.25) is 0 Å². The summed E-state index contributed by atoms with van der Waals surface area (Å²) in [6.07, 6.45) is -7.01. The Kier molecular flexibility index (Phi) is 11.1. The van der Waals surface area contributed by atoms with Gasteiger partial charge in [-0.25, -0.2) is 9.78 Å². The van der Waals surface area contributed by atoms with Crippen LogP contribution in [-0.2, 0) is 9.53 Å². The summed E-state index contributed by atoms with van der Waals surface area (Å²) < 4.78 is 12.1. The van der Waals surface area contributed by atoms with Gasteiger partial charge in [0.25, 0.3) is 11.8 Å². The molecule has 3 aromatic rings. The zero-order chi connectivity index (χ0) is 33.8. The lowest BCUT2D eigenvalue weighted by atomic mass is 9.99. The maximum atomic E-state index is 13.6. The second-order valence-corrected chi connectivity index (χ2v) is 13.0. The number of pyridine rings is 1. The van der Waals surface area contributed by atoms with Gasteiger partial charge in [0.2, 0.25) is 6.29 Å². The van der Waals surface area contributed by atoms with Crippen LogP contribution in [0.4, 0.5) is 17.2 Å². The summed E-state index contributed by atoms with van der Waals surface area (Å²) >= 11 is 6.61. The van der Waals surface area contributed by atoms with Crippen molar-refractivity contribution in [2.45, 2.75) is 37.1 Å². The lowest BCUT2D eigenvalue weighted by Crippen LogP contribution is -2.61. The van der Waals surface area contributed by atoms with Gasteiger partial charge in [0.15, 0.2) is 6.10 Å². The Morgan fingerprint density at radius 3 is 2.32 bits per heavy atom. The maximum absolute atomic E-state index is 13.6. The van der Waals surface area contributed by atoms with Gasteiger partial charge in [-0.3, -0.25) is 9.59 Å². The number of benzene rings is 2. The Labute approximate surface area is 286 Å². The molecule has 0 saturated carbocycles. The number of amides is 2. The van der Waals surface area contributed by atoms with Crippen LogP contribution in [-0.4, -0.2) is 112 Å². The Morgan fingerprint density at radius 1 is 0.894 bits per heavy atom. The van der Waals surface area contributed by atoms with Crippen molar-refractivity contribution in [1.29, 1.82) is 0 Å². The molecule has 3 heterocycles. The largest absolute Gasteiger partial charge is 0.479 e. The Morgan fingerprint density at radius 2 is 1.64 bits per heavy atom. The van der Waals surface area contributed by atoms with Gasteiger partial charge in [-0.2, -0.15) is 0 Å². The fourth-order valence-electron chi connectivity index (χ4n) is 5.20. The molecule has 6 N–H and O–H groups in total. The number of anilines is 3. The molecule has 47 heavy (non-hydrogen) atoms. The zero-order valence-electron chi connectivity index (χ0n) is 25.0. The number of carboxylic acids is 1. The van der Waals surface area contributed by atoms with Crippen LogP contribution in [0.5, 0.6) is 5.75 Å². The number of nitrogens with one attached hydrogen (secondary N) is 2. The molecule has 5 rings (SSSR count). The Bertz CT molecular complexity index is 1610. The molecule has 0 aliphatic carbocycles. The molecular formula is C31H33Br2N5O9. The predicted octanol–water partition coefficient (Wildman–Crippen LogP) is 2.52. The molecular weight excluding hydrogens is 746 g/mol.